The third kappa shape index (κ3) is 3.03. The van der Waals surface area contributed by atoms with Gasteiger partial charge in [0.25, 0.3) is 0 Å². The predicted molar refractivity (Wildman–Crippen MR) is 60.2 cm³/mol. The van der Waals surface area contributed by atoms with Crippen LogP contribution in [-0.2, 0) is 5.60 Å². The Morgan fingerprint density at radius 1 is 1.40 bits per heavy atom. The zero-order valence-electron chi connectivity index (χ0n) is 9.84. The summed E-state index contributed by atoms with van der Waals surface area (Å²) in [6.07, 6.45) is 0.680. The van der Waals surface area contributed by atoms with E-state index in [-0.39, 0.29) is 5.82 Å². The maximum absolute atomic E-state index is 12.9. The number of aryl methyl sites for hydroxylation is 1. The second kappa shape index (κ2) is 4.31. The van der Waals surface area contributed by atoms with Crippen LogP contribution in [0.4, 0.5) is 4.39 Å². The van der Waals surface area contributed by atoms with Crippen LogP contribution in [0, 0.1) is 18.7 Å². The maximum Gasteiger partial charge on any atom is 0.123 e. The van der Waals surface area contributed by atoms with Crippen molar-refractivity contribution >= 4 is 0 Å². The lowest BCUT2D eigenvalue weighted by Gasteiger charge is -2.27. The molecule has 2 heteroatoms. The van der Waals surface area contributed by atoms with Gasteiger partial charge in [0.15, 0.2) is 0 Å². The van der Waals surface area contributed by atoms with E-state index in [0.717, 1.165) is 11.1 Å². The Kier molecular flexibility index (Phi) is 3.50. The van der Waals surface area contributed by atoms with E-state index in [0.29, 0.717) is 12.3 Å². The Labute approximate surface area is 90.9 Å². The molecule has 0 saturated carbocycles. The summed E-state index contributed by atoms with van der Waals surface area (Å²) in [6.45, 7) is 7.74. The Morgan fingerprint density at radius 3 is 2.47 bits per heavy atom. The molecule has 1 aromatic carbocycles. The van der Waals surface area contributed by atoms with Crippen LogP contribution in [0.1, 0.15) is 38.3 Å². The van der Waals surface area contributed by atoms with Crippen LogP contribution in [0.5, 0.6) is 0 Å². The number of hydrogen-bond donors (Lipinski definition) is 1. The minimum Gasteiger partial charge on any atom is -0.385 e. The fourth-order valence-corrected chi connectivity index (χ4v) is 2.14. The molecule has 0 heterocycles. The van der Waals surface area contributed by atoms with E-state index < -0.39 is 5.60 Å². The molecule has 1 atom stereocenters. The van der Waals surface area contributed by atoms with Crippen molar-refractivity contribution < 1.29 is 9.50 Å². The molecule has 0 aromatic heterocycles. The van der Waals surface area contributed by atoms with E-state index in [1.165, 1.54) is 12.1 Å². The van der Waals surface area contributed by atoms with Crippen LogP contribution >= 0.6 is 0 Å². The van der Waals surface area contributed by atoms with Gasteiger partial charge in [0.05, 0.1) is 5.60 Å². The zero-order chi connectivity index (χ0) is 11.6. The molecule has 0 fully saturated rings. The summed E-state index contributed by atoms with van der Waals surface area (Å²) in [7, 11) is 0. The summed E-state index contributed by atoms with van der Waals surface area (Å²) < 4.78 is 12.9. The van der Waals surface area contributed by atoms with Crippen LogP contribution in [0.15, 0.2) is 18.2 Å². The van der Waals surface area contributed by atoms with Crippen molar-refractivity contribution in [1.29, 1.82) is 0 Å². The largest absolute Gasteiger partial charge is 0.385 e. The fourth-order valence-electron chi connectivity index (χ4n) is 2.14. The lowest BCUT2D eigenvalue weighted by molar-refractivity contribution is 0.0342. The second-order valence-electron chi connectivity index (χ2n) is 4.83. The monoisotopic (exact) mass is 210 g/mol. The molecule has 0 aliphatic heterocycles. The van der Waals surface area contributed by atoms with Crippen LogP contribution < -0.4 is 0 Å². The molecule has 84 valence electrons. The molecule has 1 N–H and O–H groups in total. The van der Waals surface area contributed by atoms with E-state index in [4.69, 9.17) is 0 Å². The Balaban J connectivity index is 3.04. The quantitative estimate of drug-likeness (QED) is 0.810. The minimum atomic E-state index is -0.869. The van der Waals surface area contributed by atoms with Crippen molar-refractivity contribution in [3.05, 3.63) is 35.1 Å². The predicted octanol–water partition coefficient (Wildman–Crippen LogP) is 3.39. The first-order chi connectivity index (χ1) is 6.83. The highest BCUT2D eigenvalue weighted by atomic mass is 19.1. The van der Waals surface area contributed by atoms with E-state index in [1.807, 2.05) is 6.92 Å². The normalized spacial score (nSPS) is 15.4. The van der Waals surface area contributed by atoms with Gasteiger partial charge in [-0.1, -0.05) is 19.9 Å². The number of halogens is 1. The second-order valence-corrected chi connectivity index (χ2v) is 4.83. The lowest BCUT2D eigenvalue weighted by atomic mass is 9.85. The third-order valence-corrected chi connectivity index (χ3v) is 2.57. The van der Waals surface area contributed by atoms with E-state index in [9.17, 15) is 9.50 Å². The molecule has 1 unspecified atom stereocenters. The Bertz CT molecular complexity index is 342. The SMILES string of the molecule is Cc1cc(F)ccc1C(C)(O)CC(C)C. The highest BCUT2D eigenvalue weighted by Crippen LogP contribution is 2.30. The van der Waals surface area contributed by atoms with E-state index >= 15 is 0 Å². The molecule has 0 aliphatic carbocycles. The average molecular weight is 210 g/mol. The van der Waals surface area contributed by atoms with Gasteiger partial charge in [-0.05, 0) is 49.4 Å². The molecular formula is C13H19FO. The van der Waals surface area contributed by atoms with Crippen molar-refractivity contribution in [2.24, 2.45) is 5.92 Å². The van der Waals surface area contributed by atoms with Gasteiger partial charge in [0, 0.05) is 0 Å². The van der Waals surface area contributed by atoms with Crippen LogP contribution in [0.2, 0.25) is 0 Å². The maximum atomic E-state index is 12.9. The molecule has 0 spiro atoms. The molecule has 0 saturated heterocycles. The van der Waals surface area contributed by atoms with E-state index in [1.54, 1.807) is 13.0 Å². The van der Waals surface area contributed by atoms with Crippen molar-refractivity contribution in [2.45, 2.75) is 39.7 Å². The van der Waals surface area contributed by atoms with Gasteiger partial charge < -0.3 is 5.11 Å². The number of benzene rings is 1. The minimum absolute atomic E-state index is 0.253. The first-order valence-corrected chi connectivity index (χ1v) is 5.32. The van der Waals surface area contributed by atoms with Gasteiger partial charge in [-0.3, -0.25) is 0 Å². The summed E-state index contributed by atoms with van der Waals surface area (Å²) >= 11 is 0. The molecule has 1 nitrogen and oxygen atoms in total. The number of aliphatic hydroxyl groups is 1. The highest BCUT2D eigenvalue weighted by molar-refractivity contribution is 5.31. The first kappa shape index (κ1) is 12.2. The van der Waals surface area contributed by atoms with Crippen molar-refractivity contribution in [1.82, 2.24) is 0 Å². The van der Waals surface area contributed by atoms with Gasteiger partial charge in [-0.25, -0.2) is 4.39 Å². The molecule has 0 aliphatic rings. The van der Waals surface area contributed by atoms with Crippen LogP contribution in [-0.4, -0.2) is 5.11 Å². The topological polar surface area (TPSA) is 20.2 Å². The Hall–Kier alpha value is -0.890. The van der Waals surface area contributed by atoms with E-state index in [2.05, 4.69) is 13.8 Å². The van der Waals surface area contributed by atoms with Gasteiger partial charge in [-0.2, -0.15) is 0 Å². The van der Waals surface area contributed by atoms with Crippen LogP contribution in [0.3, 0.4) is 0 Å². The molecule has 1 rings (SSSR count). The molecule has 0 bridgehead atoms. The van der Waals surface area contributed by atoms with Crippen molar-refractivity contribution in [3.63, 3.8) is 0 Å². The third-order valence-electron chi connectivity index (χ3n) is 2.57. The summed E-state index contributed by atoms with van der Waals surface area (Å²) in [5.41, 5.74) is 0.754. The molecule has 1 aromatic rings. The molecular weight excluding hydrogens is 191 g/mol. The lowest BCUT2D eigenvalue weighted by Crippen LogP contribution is -2.24. The number of rotatable bonds is 3. The fraction of sp³-hybridized carbons (Fsp3) is 0.538. The summed E-state index contributed by atoms with van der Waals surface area (Å²) in [5, 5.41) is 10.3. The van der Waals surface area contributed by atoms with Gasteiger partial charge in [-0.15, -0.1) is 0 Å². The average Bonchev–Trinajstić information content (AvgIpc) is 1.99. The molecule has 15 heavy (non-hydrogen) atoms. The Morgan fingerprint density at radius 2 is 2.00 bits per heavy atom. The summed E-state index contributed by atoms with van der Waals surface area (Å²) in [6, 6.07) is 4.54. The van der Waals surface area contributed by atoms with Gasteiger partial charge in [0.1, 0.15) is 5.82 Å². The highest BCUT2D eigenvalue weighted by Gasteiger charge is 2.25. The summed E-state index contributed by atoms with van der Waals surface area (Å²) in [4.78, 5) is 0. The molecule has 0 radical (unpaired) electrons. The van der Waals surface area contributed by atoms with Gasteiger partial charge in [0.2, 0.25) is 0 Å². The molecule has 0 amide bonds. The van der Waals surface area contributed by atoms with Crippen LogP contribution in [0.25, 0.3) is 0 Å². The number of hydrogen-bond acceptors (Lipinski definition) is 1. The standard InChI is InChI=1S/C13H19FO/c1-9(2)8-13(4,15)12-6-5-11(14)7-10(12)3/h5-7,9,15H,8H2,1-4H3. The van der Waals surface area contributed by atoms with Crippen molar-refractivity contribution in [2.75, 3.05) is 0 Å². The van der Waals surface area contributed by atoms with Crippen molar-refractivity contribution in [3.8, 4) is 0 Å². The summed E-state index contributed by atoms with van der Waals surface area (Å²) in [5.74, 6) is 0.154. The smallest absolute Gasteiger partial charge is 0.123 e. The zero-order valence-corrected chi connectivity index (χ0v) is 9.84. The van der Waals surface area contributed by atoms with Gasteiger partial charge >= 0.3 is 0 Å². The first-order valence-electron chi connectivity index (χ1n) is 5.32.